The van der Waals surface area contributed by atoms with Crippen LogP contribution in [0.25, 0.3) is 0 Å². The van der Waals surface area contributed by atoms with Gasteiger partial charge in [-0.1, -0.05) is 58.3 Å². The number of aliphatic hydroxyl groups is 4. The van der Waals surface area contributed by atoms with Crippen molar-refractivity contribution in [3.05, 3.63) is 0 Å². The Hall–Kier alpha value is -0.240. The summed E-state index contributed by atoms with van der Waals surface area (Å²) in [5, 5.41) is 40.4. The maximum Gasteiger partial charge on any atom is 0.0840 e. The maximum atomic E-state index is 10.5. The molecule has 0 amide bonds. The zero-order valence-electron chi connectivity index (χ0n) is 19.0. The predicted octanol–water partition coefficient (Wildman–Crippen LogP) is 3.47. The van der Waals surface area contributed by atoms with Crippen LogP contribution < -0.4 is 0 Å². The van der Waals surface area contributed by atoms with Crippen LogP contribution in [0.2, 0.25) is 0 Å². The molecule has 30 heavy (non-hydrogen) atoms. The molecule has 0 aromatic carbocycles. The van der Waals surface area contributed by atoms with Crippen LogP contribution in [0.4, 0.5) is 0 Å². The summed E-state index contributed by atoms with van der Waals surface area (Å²) in [4.78, 5) is 0. The summed E-state index contributed by atoms with van der Waals surface area (Å²) in [5.74, 6) is 0. The van der Waals surface area contributed by atoms with Gasteiger partial charge < -0.3 is 29.9 Å². The molecule has 2 aliphatic heterocycles. The molecule has 0 unspecified atom stereocenters. The van der Waals surface area contributed by atoms with E-state index >= 15 is 0 Å². The molecular weight excluding hydrogens is 384 g/mol. The van der Waals surface area contributed by atoms with Crippen molar-refractivity contribution in [1.29, 1.82) is 0 Å². The molecule has 6 heteroatoms. The number of unbranched alkanes of at least 4 members (excludes halogenated alkanes) is 7. The Bertz CT molecular complexity index is 434. The predicted molar refractivity (Wildman–Crippen MR) is 117 cm³/mol. The Morgan fingerprint density at radius 2 is 1.10 bits per heavy atom. The molecule has 0 spiro atoms. The first-order valence-corrected chi connectivity index (χ1v) is 12.5. The molecule has 0 radical (unpaired) electrons. The van der Waals surface area contributed by atoms with Crippen LogP contribution in [0.15, 0.2) is 0 Å². The third-order valence-corrected chi connectivity index (χ3v) is 6.83. The van der Waals surface area contributed by atoms with Gasteiger partial charge in [-0.05, 0) is 44.9 Å². The van der Waals surface area contributed by atoms with Gasteiger partial charge in [-0.3, -0.25) is 0 Å². The van der Waals surface area contributed by atoms with Crippen LogP contribution in [-0.2, 0) is 9.47 Å². The number of hydrogen-bond acceptors (Lipinski definition) is 6. The average Bonchev–Trinajstić information content (AvgIpc) is 3.43. The monoisotopic (exact) mass is 430 g/mol. The Labute approximate surface area is 183 Å². The van der Waals surface area contributed by atoms with Crippen LogP contribution in [0.1, 0.15) is 103 Å². The summed E-state index contributed by atoms with van der Waals surface area (Å²) in [5.41, 5.74) is 0. The Morgan fingerprint density at radius 1 is 0.633 bits per heavy atom. The normalized spacial score (nSPS) is 29.9. The summed E-state index contributed by atoms with van der Waals surface area (Å²) < 4.78 is 11.6. The fourth-order valence-corrected chi connectivity index (χ4v) is 4.79. The van der Waals surface area contributed by atoms with Gasteiger partial charge in [-0.25, -0.2) is 0 Å². The molecular formula is C24H46O6. The maximum absolute atomic E-state index is 10.5. The molecule has 0 aromatic heterocycles. The van der Waals surface area contributed by atoms with Gasteiger partial charge in [0.25, 0.3) is 0 Å². The van der Waals surface area contributed by atoms with Gasteiger partial charge >= 0.3 is 0 Å². The topological polar surface area (TPSA) is 99.4 Å². The molecule has 7 atom stereocenters. The van der Waals surface area contributed by atoms with Crippen molar-refractivity contribution in [3.63, 3.8) is 0 Å². The Morgan fingerprint density at radius 3 is 1.63 bits per heavy atom. The first-order chi connectivity index (χ1) is 14.5. The van der Waals surface area contributed by atoms with E-state index in [1.807, 2.05) is 0 Å². The fourth-order valence-electron chi connectivity index (χ4n) is 4.79. The minimum absolute atomic E-state index is 0.00949. The first-order valence-electron chi connectivity index (χ1n) is 12.5. The lowest BCUT2D eigenvalue weighted by atomic mass is 9.99. The second kappa shape index (κ2) is 14.8. The third-order valence-electron chi connectivity index (χ3n) is 6.83. The van der Waals surface area contributed by atoms with E-state index in [1.54, 1.807) is 0 Å². The third kappa shape index (κ3) is 9.09. The number of ether oxygens (including phenoxy) is 2. The van der Waals surface area contributed by atoms with E-state index in [9.17, 15) is 15.3 Å². The highest BCUT2D eigenvalue weighted by molar-refractivity contribution is 4.85. The summed E-state index contributed by atoms with van der Waals surface area (Å²) in [6.45, 7) is 2.23. The molecule has 0 bridgehead atoms. The molecule has 2 heterocycles. The van der Waals surface area contributed by atoms with Gasteiger partial charge in [0, 0.05) is 0 Å². The molecule has 0 saturated carbocycles. The second-order valence-corrected chi connectivity index (χ2v) is 9.39. The van der Waals surface area contributed by atoms with E-state index in [0.717, 1.165) is 38.5 Å². The number of aliphatic hydroxyl groups excluding tert-OH is 4. The van der Waals surface area contributed by atoms with E-state index < -0.39 is 18.3 Å². The molecule has 2 rings (SSSR count). The standard InChI is InChI=1S/C24H46O6/c1-2-3-4-5-6-7-8-9-10-19(26)23-15-16-24(30-23)21(28)13-12-20(27)22-14-11-18(17-25)29-22/h18-28H,2-17H2,1H3/t18-,19+,20+,21+,22+,23-,24+/m1/s1. The van der Waals surface area contributed by atoms with Crippen LogP contribution in [0.5, 0.6) is 0 Å². The molecule has 2 saturated heterocycles. The minimum atomic E-state index is -0.630. The summed E-state index contributed by atoms with van der Waals surface area (Å²) in [7, 11) is 0. The van der Waals surface area contributed by atoms with E-state index in [4.69, 9.17) is 14.6 Å². The van der Waals surface area contributed by atoms with Crippen LogP contribution in [-0.4, -0.2) is 69.8 Å². The summed E-state index contributed by atoms with van der Waals surface area (Å²) >= 11 is 0. The highest BCUT2D eigenvalue weighted by Gasteiger charge is 2.35. The lowest BCUT2D eigenvalue weighted by Gasteiger charge is -2.24. The Balaban J connectivity index is 1.54. The van der Waals surface area contributed by atoms with Crippen LogP contribution in [0.3, 0.4) is 0 Å². The molecule has 6 nitrogen and oxygen atoms in total. The highest BCUT2D eigenvalue weighted by Crippen LogP contribution is 2.29. The molecule has 2 fully saturated rings. The fraction of sp³-hybridized carbons (Fsp3) is 1.00. The van der Waals surface area contributed by atoms with Crippen molar-refractivity contribution >= 4 is 0 Å². The van der Waals surface area contributed by atoms with Crippen LogP contribution in [0, 0.1) is 0 Å². The quantitative estimate of drug-likeness (QED) is 0.280. The van der Waals surface area contributed by atoms with Gasteiger partial charge in [-0.15, -0.1) is 0 Å². The number of hydrogen-bond donors (Lipinski definition) is 4. The zero-order chi connectivity index (χ0) is 21.8. The van der Waals surface area contributed by atoms with Gasteiger partial charge in [0.2, 0.25) is 0 Å². The molecule has 4 N–H and O–H groups in total. The molecule has 178 valence electrons. The van der Waals surface area contributed by atoms with E-state index in [-0.39, 0.29) is 31.0 Å². The minimum Gasteiger partial charge on any atom is -0.394 e. The largest absolute Gasteiger partial charge is 0.394 e. The molecule has 2 aliphatic rings. The zero-order valence-corrected chi connectivity index (χ0v) is 19.0. The van der Waals surface area contributed by atoms with Crippen molar-refractivity contribution in [2.75, 3.05) is 6.61 Å². The SMILES string of the molecule is CCCCCCCCCC[C@H](O)[C@H]1CC[C@@H]([C@@H](O)CC[C@H](O)[C@@H]2CC[C@H](CO)O2)O1. The van der Waals surface area contributed by atoms with Crippen molar-refractivity contribution in [2.24, 2.45) is 0 Å². The van der Waals surface area contributed by atoms with Crippen LogP contribution >= 0.6 is 0 Å². The smallest absolute Gasteiger partial charge is 0.0840 e. The lowest BCUT2D eigenvalue weighted by molar-refractivity contribution is -0.0861. The average molecular weight is 431 g/mol. The second-order valence-electron chi connectivity index (χ2n) is 9.39. The summed E-state index contributed by atoms with van der Waals surface area (Å²) in [6, 6.07) is 0. The highest BCUT2D eigenvalue weighted by atomic mass is 16.5. The van der Waals surface area contributed by atoms with E-state index in [2.05, 4.69) is 6.92 Å². The molecule has 0 aromatic rings. The van der Waals surface area contributed by atoms with Crippen molar-refractivity contribution in [2.45, 2.75) is 146 Å². The summed E-state index contributed by atoms with van der Waals surface area (Å²) in [6.07, 6.45) is 12.2. The first kappa shape index (κ1) is 26.0. The van der Waals surface area contributed by atoms with Gasteiger partial charge in [0.05, 0.1) is 49.3 Å². The number of rotatable bonds is 16. The van der Waals surface area contributed by atoms with Gasteiger partial charge in [-0.2, -0.15) is 0 Å². The van der Waals surface area contributed by atoms with E-state index in [0.29, 0.717) is 12.8 Å². The lowest BCUT2D eigenvalue weighted by Crippen LogP contribution is -2.33. The molecule has 0 aliphatic carbocycles. The van der Waals surface area contributed by atoms with Crippen molar-refractivity contribution in [1.82, 2.24) is 0 Å². The van der Waals surface area contributed by atoms with Crippen molar-refractivity contribution < 1.29 is 29.9 Å². The van der Waals surface area contributed by atoms with E-state index in [1.165, 1.54) is 44.9 Å². The Kier molecular flexibility index (Phi) is 12.8. The van der Waals surface area contributed by atoms with Crippen molar-refractivity contribution in [3.8, 4) is 0 Å². The van der Waals surface area contributed by atoms with Gasteiger partial charge in [0.1, 0.15) is 0 Å². The van der Waals surface area contributed by atoms with Gasteiger partial charge in [0.15, 0.2) is 0 Å².